The number of ether oxygens (including phenoxy) is 1. The monoisotopic (exact) mass is 585 g/mol. The molecular formula is C24H26ClF6N3O3S. The number of amides is 1. The van der Waals surface area contributed by atoms with Gasteiger partial charge in [0.2, 0.25) is 5.91 Å². The minimum absolute atomic E-state index is 0.0242. The summed E-state index contributed by atoms with van der Waals surface area (Å²) in [5, 5.41) is 14.4. The molecule has 4 rings (SSSR count). The number of anilines is 2. The Bertz CT molecular complexity index is 1150. The summed E-state index contributed by atoms with van der Waals surface area (Å²) in [6.45, 7) is 1.76. The summed E-state index contributed by atoms with van der Waals surface area (Å²) < 4.78 is 83.0. The molecule has 0 bridgehead atoms. The molecule has 38 heavy (non-hydrogen) atoms. The second-order valence-corrected chi connectivity index (χ2v) is 11.0. The van der Waals surface area contributed by atoms with Gasteiger partial charge in [0, 0.05) is 53.5 Å². The van der Waals surface area contributed by atoms with Gasteiger partial charge in [-0.2, -0.15) is 26.3 Å². The quantitative estimate of drug-likeness (QED) is 0.368. The molecule has 1 aromatic heterocycles. The number of carbonyl (C=O) groups is 1. The maximum absolute atomic E-state index is 12.8. The molecule has 1 aliphatic heterocycles. The molecule has 210 valence electrons. The molecule has 0 spiro atoms. The first-order valence-corrected chi connectivity index (χ1v) is 13.2. The van der Waals surface area contributed by atoms with E-state index in [-0.39, 0.29) is 25.9 Å². The highest BCUT2D eigenvalue weighted by Gasteiger charge is 2.57. The van der Waals surface area contributed by atoms with Crippen molar-refractivity contribution in [1.82, 2.24) is 9.88 Å². The summed E-state index contributed by atoms with van der Waals surface area (Å²) in [7, 11) is 0. The van der Waals surface area contributed by atoms with E-state index in [2.05, 4.69) is 10.3 Å². The number of alkyl halides is 6. The van der Waals surface area contributed by atoms with Gasteiger partial charge in [0.1, 0.15) is 11.9 Å². The van der Waals surface area contributed by atoms with E-state index in [1.807, 2.05) is 6.92 Å². The van der Waals surface area contributed by atoms with Gasteiger partial charge < -0.3 is 20.1 Å². The molecule has 6 nitrogen and oxygen atoms in total. The molecule has 0 radical (unpaired) electrons. The first kappa shape index (κ1) is 28.8. The lowest BCUT2D eigenvalue weighted by atomic mass is 10.0. The van der Waals surface area contributed by atoms with Crippen LogP contribution in [-0.2, 0) is 11.2 Å². The third-order valence-corrected chi connectivity index (χ3v) is 8.01. The summed E-state index contributed by atoms with van der Waals surface area (Å²) in [5.74, 6) is -4.42. The molecular weight excluding hydrogens is 560 g/mol. The van der Waals surface area contributed by atoms with Crippen molar-refractivity contribution in [3.05, 3.63) is 33.3 Å². The third kappa shape index (κ3) is 6.66. The molecule has 2 N–H and O–H groups in total. The number of thiazole rings is 1. The van der Waals surface area contributed by atoms with E-state index in [4.69, 9.17) is 16.3 Å². The molecule has 1 saturated heterocycles. The van der Waals surface area contributed by atoms with Crippen LogP contribution in [-0.4, -0.2) is 52.4 Å². The van der Waals surface area contributed by atoms with E-state index in [0.717, 1.165) is 28.2 Å². The van der Waals surface area contributed by atoms with Gasteiger partial charge in [0.05, 0.1) is 11.8 Å². The van der Waals surface area contributed by atoms with Crippen molar-refractivity contribution in [2.24, 2.45) is 5.92 Å². The van der Waals surface area contributed by atoms with Gasteiger partial charge in [0.15, 0.2) is 11.0 Å². The average molecular weight is 586 g/mol. The summed E-state index contributed by atoms with van der Waals surface area (Å²) in [4.78, 5) is 18.8. The maximum atomic E-state index is 12.8. The van der Waals surface area contributed by atoms with Crippen LogP contribution < -0.4 is 10.1 Å². The molecule has 1 amide bonds. The molecule has 1 fully saturated rings. The minimum Gasteiger partial charge on any atom is -0.490 e. The molecule has 1 atom stereocenters. The van der Waals surface area contributed by atoms with Gasteiger partial charge >= 0.3 is 12.4 Å². The fraction of sp³-hybridized carbons (Fsp3) is 0.583. The van der Waals surface area contributed by atoms with Crippen LogP contribution in [0.5, 0.6) is 5.75 Å². The predicted octanol–water partition coefficient (Wildman–Crippen LogP) is 6.72. The number of piperidine rings is 1. The number of hydrogen-bond donors (Lipinski definition) is 2. The summed E-state index contributed by atoms with van der Waals surface area (Å²) >= 11 is 7.76. The number of aromatic nitrogens is 1. The predicted molar refractivity (Wildman–Crippen MR) is 130 cm³/mol. The molecule has 0 saturated carbocycles. The number of hydrogen-bond acceptors (Lipinski definition) is 6. The molecule has 2 aliphatic rings. The van der Waals surface area contributed by atoms with Crippen LogP contribution in [0.2, 0.25) is 5.02 Å². The van der Waals surface area contributed by atoms with Gasteiger partial charge in [-0.25, -0.2) is 4.98 Å². The normalized spacial score (nSPS) is 19.0. The Kier molecular flexibility index (Phi) is 8.39. The smallest absolute Gasteiger partial charge is 0.400 e. The van der Waals surface area contributed by atoms with Crippen LogP contribution in [0.1, 0.15) is 54.3 Å². The molecule has 2 aromatic rings. The first-order chi connectivity index (χ1) is 17.7. The largest absolute Gasteiger partial charge is 0.490 e. The number of nitrogens with zero attached hydrogens (tertiary/aromatic N) is 2. The van der Waals surface area contributed by atoms with Crippen molar-refractivity contribution >= 4 is 39.7 Å². The lowest BCUT2D eigenvalue weighted by Gasteiger charge is -2.34. The second kappa shape index (κ2) is 11.1. The number of aliphatic hydroxyl groups excluding tert-OH is 1. The Labute approximate surface area is 223 Å². The number of benzene rings is 1. The number of aliphatic hydroxyl groups is 1. The second-order valence-electron chi connectivity index (χ2n) is 9.47. The standard InChI is InChI=1S/C24H26ClF6N3O3S/c1-12-15(32-22-33-21-16(35)3-2-4-18(21)38-22)9-13(25)10-17(12)37-14-5-7-34(8-6-14)20(36)11-19(23(26,27)28)24(29,30)31/h9-10,14,16,19,35H,2-8,11H2,1H3,(H,32,33)/t16-/m0/s1. The van der Waals surface area contributed by atoms with E-state index >= 15 is 0 Å². The number of nitrogens with one attached hydrogen (secondary N) is 1. The van der Waals surface area contributed by atoms with E-state index in [1.54, 1.807) is 12.1 Å². The molecule has 14 heteroatoms. The Hall–Kier alpha value is -2.25. The maximum Gasteiger partial charge on any atom is 0.400 e. The molecule has 2 heterocycles. The van der Waals surface area contributed by atoms with Crippen molar-refractivity contribution < 1.29 is 41.0 Å². The fourth-order valence-electron chi connectivity index (χ4n) is 4.59. The number of halogens is 7. The van der Waals surface area contributed by atoms with Crippen LogP contribution in [0.15, 0.2) is 12.1 Å². The SMILES string of the molecule is Cc1c(Nc2nc3c(s2)CCC[C@@H]3O)cc(Cl)cc1OC1CCN(C(=O)CC(C(F)(F)F)C(F)(F)F)CC1. The van der Waals surface area contributed by atoms with Crippen molar-refractivity contribution in [3.8, 4) is 5.75 Å². The van der Waals surface area contributed by atoms with Gasteiger partial charge in [-0.15, -0.1) is 11.3 Å². The number of carbonyl (C=O) groups excluding carboxylic acids is 1. The fourth-order valence-corrected chi connectivity index (χ4v) is 5.87. The number of aryl methyl sites for hydroxylation is 1. The van der Waals surface area contributed by atoms with Crippen molar-refractivity contribution in [2.45, 2.75) is 70.0 Å². The lowest BCUT2D eigenvalue weighted by molar-refractivity contribution is -0.284. The van der Waals surface area contributed by atoms with Crippen molar-refractivity contribution in [2.75, 3.05) is 18.4 Å². The van der Waals surface area contributed by atoms with Crippen LogP contribution >= 0.6 is 22.9 Å². The van der Waals surface area contributed by atoms with Crippen LogP contribution in [0.4, 0.5) is 37.2 Å². The number of likely N-dealkylation sites (tertiary alicyclic amines) is 1. The first-order valence-electron chi connectivity index (χ1n) is 12.0. The highest BCUT2D eigenvalue weighted by Crippen LogP contribution is 2.42. The van der Waals surface area contributed by atoms with Gasteiger partial charge in [0.25, 0.3) is 0 Å². The van der Waals surface area contributed by atoms with Crippen molar-refractivity contribution in [1.29, 1.82) is 0 Å². The Morgan fingerprint density at radius 1 is 1.21 bits per heavy atom. The Balaban J connectivity index is 1.38. The zero-order chi connectivity index (χ0) is 27.8. The Morgan fingerprint density at radius 3 is 2.47 bits per heavy atom. The summed E-state index contributed by atoms with van der Waals surface area (Å²) in [5.41, 5.74) is 2.05. The van der Waals surface area contributed by atoms with Crippen LogP contribution in [0.25, 0.3) is 0 Å². The highest BCUT2D eigenvalue weighted by atomic mass is 35.5. The van der Waals surface area contributed by atoms with E-state index < -0.39 is 42.8 Å². The summed E-state index contributed by atoms with van der Waals surface area (Å²) in [6, 6.07) is 3.33. The van der Waals surface area contributed by atoms with E-state index in [9.17, 15) is 36.2 Å². The van der Waals surface area contributed by atoms with E-state index in [1.165, 1.54) is 11.3 Å². The average Bonchev–Trinajstić information content (AvgIpc) is 3.23. The minimum atomic E-state index is -5.55. The zero-order valence-electron chi connectivity index (χ0n) is 20.3. The highest BCUT2D eigenvalue weighted by molar-refractivity contribution is 7.15. The van der Waals surface area contributed by atoms with E-state index in [0.29, 0.717) is 33.7 Å². The van der Waals surface area contributed by atoms with Crippen molar-refractivity contribution in [3.63, 3.8) is 0 Å². The Morgan fingerprint density at radius 2 is 1.87 bits per heavy atom. The molecule has 1 aliphatic carbocycles. The van der Waals surface area contributed by atoms with Crippen LogP contribution in [0.3, 0.4) is 0 Å². The lowest BCUT2D eigenvalue weighted by Crippen LogP contribution is -2.45. The van der Waals surface area contributed by atoms with Gasteiger partial charge in [-0.3, -0.25) is 4.79 Å². The molecule has 0 unspecified atom stereocenters. The van der Waals surface area contributed by atoms with Crippen LogP contribution in [0, 0.1) is 12.8 Å². The van der Waals surface area contributed by atoms with Gasteiger partial charge in [-0.1, -0.05) is 11.6 Å². The molecule has 1 aromatic carbocycles. The number of fused-ring (bicyclic) bond motifs is 1. The number of rotatable bonds is 6. The summed E-state index contributed by atoms with van der Waals surface area (Å²) in [6.07, 6.45) is -10.9. The topological polar surface area (TPSA) is 74.7 Å². The third-order valence-electron chi connectivity index (χ3n) is 6.75. The van der Waals surface area contributed by atoms with Gasteiger partial charge in [-0.05, 0) is 38.3 Å². The zero-order valence-corrected chi connectivity index (χ0v) is 21.8.